The van der Waals surface area contributed by atoms with Gasteiger partial charge in [-0.05, 0) is 23.3 Å². The molecule has 2 aromatic carbocycles. The summed E-state index contributed by atoms with van der Waals surface area (Å²) in [6.07, 6.45) is -0.886. The third-order valence-corrected chi connectivity index (χ3v) is 4.36. The highest BCUT2D eigenvalue weighted by Gasteiger charge is 2.23. The molecule has 0 aromatic heterocycles. The van der Waals surface area contributed by atoms with Crippen LogP contribution < -0.4 is 20.5 Å². The van der Waals surface area contributed by atoms with Crippen LogP contribution in [0.3, 0.4) is 0 Å². The van der Waals surface area contributed by atoms with Crippen LogP contribution in [0, 0.1) is 5.92 Å². The highest BCUT2D eigenvalue weighted by atomic mass is 16.5. The second kappa shape index (κ2) is 9.22. The Morgan fingerprint density at radius 3 is 2.19 bits per heavy atom. The standard InChI is InChI=1S/C20H26N2O4/c1-13(19(21)14-7-5-4-6-8-14)20(24)22-12-18(23)15-9-16(25-2)11-17(10-15)26-3/h4-11,13,18-19,23H,12,21H2,1-3H3,(H,22,24). The lowest BCUT2D eigenvalue weighted by Crippen LogP contribution is -2.37. The van der Waals surface area contributed by atoms with Crippen LogP contribution in [-0.2, 0) is 4.79 Å². The molecule has 3 unspecified atom stereocenters. The molecule has 1 amide bonds. The minimum Gasteiger partial charge on any atom is -0.497 e. The van der Waals surface area contributed by atoms with Crippen LogP contribution >= 0.6 is 0 Å². The molecule has 0 aliphatic carbocycles. The van der Waals surface area contributed by atoms with Gasteiger partial charge in [0, 0.05) is 18.7 Å². The molecule has 26 heavy (non-hydrogen) atoms. The normalized spacial score (nSPS) is 14.2. The van der Waals surface area contributed by atoms with E-state index in [1.165, 1.54) is 0 Å². The zero-order valence-corrected chi connectivity index (χ0v) is 15.3. The molecule has 3 atom stereocenters. The minimum absolute atomic E-state index is 0.0704. The summed E-state index contributed by atoms with van der Waals surface area (Å²) in [5, 5.41) is 13.1. The number of aliphatic hydroxyl groups excluding tert-OH is 1. The number of carbonyl (C=O) groups excluding carboxylic acids is 1. The maximum atomic E-state index is 12.4. The van der Waals surface area contributed by atoms with Gasteiger partial charge in [-0.1, -0.05) is 37.3 Å². The third kappa shape index (κ3) is 4.97. The first-order chi connectivity index (χ1) is 12.5. The lowest BCUT2D eigenvalue weighted by molar-refractivity contribution is -0.125. The van der Waals surface area contributed by atoms with Crippen LogP contribution in [0.1, 0.15) is 30.2 Å². The van der Waals surface area contributed by atoms with Gasteiger partial charge in [-0.25, -0.2) is 0 Å². The number of nitrogens with two attached hydrogens (primary N) is 1. The molecule has 0 aliphatic rings. The van der Waals surface area contributed by atoms with E-state index in [4.69, 9.17) is 15.2 Å². The van der Waals surface area contributed by atoms with Crippen molar-refractivity contribution < 1.29 is 19.4 Å². The number of carbonyl (C=O) groups is 1. The maximum Gasteiger partial charge on any atom is 0.224 e. The topological polar surface area (TPSA) is 93.8 Å². The molecule has 0 fully saturated rings. The summed E-state index contributed by atoms with van der Waals surface area (Å²) in [6, 6.07) is 14.2. The van der Waals surface area contributed by atoms with Gasteiger partial charge in [0.2, 0.25) is 5.91 Å². The lowest BCUT2D eigenvalue weighted by Gasteiger charge is -2.21. The second-order valence-corrected chi connectivity index (χ2v) is 6.13. The first kappa shape index (κ1) is 19.8. The monoisotopic (exact) mass is 358 g/mol. The molecular weight excluding hydrogens is 332 g/mol. The fourth-order valence-corrected chi connectivity index (χ4v) is 2.62. The lowest BCUT2D eigenvalue weighted by atomic mass is 9.94. The first-order valence-electron chi connectivity index (χ1n) is 8.45. The summed E-state index contributed by atoms with van der Waals surface area (Å²) in [5.41, 5.74) is 7.67. The van der Waals surface area contributed by atoms with Crippen LogP contribution in [0.25, 0.3) is 0 Å². The van der Waals surface area contributed by atoms with Crippen molar-refractivity contribution in [3.8, 4) is 11.5 Å². The number of hydrogen-bond donors (Lipinski definition) is 3. The molecule has 0 spiro atoms. The Kier molecular flexibility index (Phi) is 7.00. The molecule has 2 aromatic rings. The Morgan fingerprint density at radius 1 is 1.08 bits per heavy atom. The summed E-state index contributed by atoms with van der Waals surface area (Å²) in [5.74, 6) is 0.507. The average molecular weight is 358 g/mol. The van der Waals surface area contributed by atoms with E-state index in [0.29, 0.717) is 17.1 Å². The number of benzene rings is 2. The summed E-state index contributed by atoms with van der Waals surface area (Å²) in [4.78, 5) is 12.4. The number of aliphatic hydroxyl groups is 1. The van der Waals surface area contributed by atoms with Crippen molar-refractivity contribution >= 4 is 5.91 Å². The summed E-state index contributed by atoms with van der Waals surface area (Å²) in [7, 11) is 3.08. The van der Waals surface area contributed by atoms with Crippen molar-refractivity contribution in [3.05, 3.63) is 59.7 Å². The van der Waals surface area contributed by atoms with E-state index >= 15 is 0 Å². The van der Waals surface area contributed by atoms with Crippen molar-refractivity contribution in [2.24, 2.45) is 11.7 Å². The number of methoxy groups -OCH3 is 2. The Labute approximate surface area is 153 Å². The van der Waals surface area contributed by atoms with Gasteiger partial charge in [-0.3, -0.25) is 4.79 Å². The van der Waals surface area contributed by atoms with Gasteiger partial charge in [0.1, 0.15) is 11.5 Å². The van der Waals surface area contributed by atoms with Gasteiger partial charge in [0.05, 0.1) is 26.2 Å². The van der Waals surface area contributed by atoms with Crippen LogP contribution in [0.15, 0.2) is 48.5 Å². The number of hydrogen-bond acceptors (Lipinski definition) is 5. The number of ether oxygens (including phenoxy) is 2. The minimum atomic E-state index is -0.886. The van der Waals surface area contributed by atoms with Gasteiger partial charge in [-0.2, -0.15) is 0 Å². The summed E-state index contributed by atoms with van der Waals surface area (Å²) in [6.45, 7) is 1.84. The van der Waals surface area contributed by atoms with Gasteiger partial charge >= 0.3 is 0 Å². The zero-order valence-electron chi connectivity index (χ0n) is 15.3. The van der Waals surface area contributed by atoms with E-state index in [1.54, 1.807) is 39.3 Å². The predicted octanol–water partition coefficient (Wildman–Crippen LogP) is 2.19. The van der Waals surface area contributed by atoms with E-state index in [2.05, 4.69) is 5.32 Å². The van der Waals surface area contributed by atoms with Crippen LogP contribution in [-0.4, -0.2) is 31.8 Å². The van der Waals surface area contributed by atoms with E-state index in [1.807, 2.05) is 30.3 Å². The maximum absolute atomic E-state index is 12.4. The fraction of sp³-hybridized carbons (Fsp3) is 0.350. The predicted molar refractivity (Wildman–Crippen MR) is 100 cm³/mol. The van der Waals surface area contributed by atoms with E-state index in [0.717, 1.165) is 5.56 Å². The quantitative estimate of drug-likeness (QED) is 0.672. The molecule has 0 bridgehead atoms. The first-order valence-corrected chi connectivity index (χ1v) is 8.45. The molecule has 0 heterocycles. The van der Waals surface area contributed by atoms with Crippen LogP contribution in [0.5, 0.6) is 11.5 Å². The average Bonchev–Trinajstić information content (AvgIpc) is 2.70. The summed E-state index contributed by atoms with van der Waals surface area (Å²) >= 11 is 0. The van der Waals surface area contributed by atoms with Crippen molar-refractivity contribution in [2.45, 2.75) is 19.1 Å². The second-order valence-electron chi connectivity index (χ2n) is 6.13. The molecule has 0 radical (unpaired) electrons. The molecule has 4 N–H and O–H groups in total. The largest absolute Gasteiger partial charge is 0.497 e. The van der Waals surface area contributed by atoms with E-state index in [-0.39, 0.29) is 12.5 Å². The van der Waals surface area contributed by atoms with E-state index < -0.39 is 18.1 Å². The van der Waals surface area contributed by atoms with Crippen LogP contribution in [0.4, 0.5) is 0 Å². The highest BCUT2D eigenvalue weighted by molar-refractivity contribution is 5.79. The Morgan fingerprint density at radius 2 is 1.65 bits per heavy atom. The third-order valence-electron chi connectivity index (χ3n) is 4.36. The summed E-state index contributed by atoms with van der Waals surface area (Å²) < 4.78 is 10.4. The smallest absolute Gasteiger partial charge is 0.224 e. The Balaban J connectivity index is 1.98. The number of amides is 1. The molecular formula is C20H26N2O4. The van der Waals surface area contributed by atoms with Crippen molar-refractivity contribution in [3.63, 3.8) is 0 Å². The van der Waals surface area contributed by atoms with E-state index in [9.17, 15) is 9.90 Å². The number of nitrogens with one attached hydrogen (secondary N) is 1. The zero-order chi connectivity index (χ0) is 19.1. The van der Waals surface area contributed by atoms with Gasteiger partial charge < -0.3 is 25.6 Å². The van der Waals surface area contributed by atoms with Crippen molar-refractivity contribution in [1.29, 1.82) is 0 Å². The van der Waals surface area contributed by atoms with Gasteiger partial charge in [0.25, 0.3) is 0 Å². The Bertz CT molecular complexity index is 699. The molecule has 140 valence electrons. The molecule has 2 rings (SSSR count). The molecule has 0 aliphatic heterocycles. The van der Waals surface area contributed by atoms with Gasteiger partial charge in [-0.15, -0.1) is 0 Å². The van der Waals surface area contributed by atoms with Crippen LogP contribution in [0.2, 0.25) is 0 Å². The molecule has 6 nitrogen and oxygen atoms in total. The number of rotatable bonds is 8. The Hall–Kier alpha value is -2.57. The van der Waals surface area contributed by atoms with Crippen molar-refractivity contribution in [2.75, 3.05) is 20.8 Å². The SMILES string of the molecule is COc1cc(OC)cc(C(O)CNC(=O)C(C)C(N)c2ccccc2)c1. The molecule has 0 saturated heterocycles. The van der Waals surface area contributed by atoms with Crippen molar-refractivity contribution in [1.82, 2.24) is 5.32 Å². The fourth-order valence-electron chi connectivity index (χ4n) is 2.62. The molecule has 6 heteroatoms. The van der Waals surface area contributed by atoms with Gasteiger partial charge in [0.15, 0.2) is 0 Å². The molecule has 0 saturated carbocycles. The highest BCUT2D eigenvalue weighted by Crippen LogP contribution is 2.26.